The highest BCUT2D eigenvalue weighted by Gasteiger charge is 2.28. The molecule has 0 fully saturated rings. The standard InChI is InChI=1S/C11H9ClF3N3O/c12-8-5-16-3-1-7(8)10(19)9-2-4-18(17-9)6-11(13,14)15/h1-5,10,19H,6H2. The van der Waals surface area contributed by atoms with E-state index in [1.54, 1.807) is 0 Å². The molecule has 2 aromatic rings. The summed E-state index contributed by atoms with van der Waals surface area (Å²) in [6.45, 7) is -1.20. The Hall–Kier alpha value is -1.60. The third-order valence-electron chi connectivity index (χ3n) is 2.38. The maximum Gasteiger partial charge on any atom is 0.408 e. The topological polar surface area (TPSA) is 50.9 Å². The number of aliphatic hydroxyl groups is 1. The van der Waals surface area contributed by atoms with Crippen molar-refractivity contribution >= 4 is 11.6 Å². The number of nitrogens with zero attached hydrogens (tertiary/aromatic N) is 3. The van der Waals surface area contributed by atoms with E-state index in [0.29, 0.717) is 10.2 Å². The second-order valence-electron chi connectivity index (χ2n) is 3.85. The van der Waals surface area contributed by atoms with Gasteiger partial charge in [-0.2, -0.15) is 18.3 Å². The maximum absolute atomic E-state index is 12.2. The van der Waals surface area contributed by atoms with Crippen LogP contribution in [0.25, 0.3) is 0 Å². The van der Waals surface area contributed by atoms with Crippen molar-refractivity contribution in [3.63, 3.8) is 0 Å². The molecule has 0 aliphatic carbocycles. The molecule has 0 aliphatic heterocycles. The quantitative estimate of drug-likeness (QED) is 0.945. The van der Waals surface area contributed by atoms with E-state index in [4.69, 9.17) is 11.6 Å². The lowest BCUT2D eigenvalue weighted by atomic mass is 10.1. The van der Waals surface area contributed by atoms with Crippen LogP contribution in [0.1, 0.15) is 17.4 Å². The van der Waals surface area contributed by atoms with Gasteiger partial charge in [0, 0.05) is 24.2 Å². The fourth-order valence-corrected chi connectivity index (χ4v) is 1.78. The Morgan fingerprint density at radius 2 is 2.11 bits per heavy atom. The number of hydrogen-bond donors (Lipinski definition) is 1. The minimum Gasteiger partial charge on any atom is -0.382 e. The van der Waals surface area contributed by atoms with E-state index in [-0.39, 0.29) is 10.7 Å². The molecule has 4 nitrogen and oxygen atoms in total. The lowest BCUT2D eigenvalue weighted by molar-refractivity contribution is -0.142. The molecule has 0 bridgehead atoms. The van der Waals surface area contributed by atoms with Gasteiger partial charge in [-0.05, 0) is 12.1 Å². The second kappa shape index (κ2) is 5.18. The van der Waals surface area contributed by atoms with Crippen LogP contribution in [0.5, 0.6) is 0 Å². The highest BCUT2D eigenvalue weighted by Crippen LogP contribution is 2.26. The molecule has 8 heteroatoms. The van der Waals surface area contributed by atoms with Crippen molar-refractivity contribution in [1.29, 1.82) is 0 Å². The van der Waals surface area contributed by atoms with Crippen molar-refractivity contribution in [2.24, 2.45) is 0 Å². The molecule has 0 aromatic carbocycles. The van der Waals surface area contributed by atoms with Crippen LogP contribution < -0.4 is 0 Å². The monoisotopic (exact) mass is 291 g/mol. The lowest BCUT2D eigenvalue weighted by Crippen LogP contribution is -2.18. The average molecular weight is 292 g/mol. The van der Waals surface area contributed by atoms with E-state index in [1.165, 1.54) is 24.5 Å². The van der Waals surface area contributed by atoms with Crippen LogP contribution in [0.4, 0.5) is 13.2 Å². The maximum atomic E-state index is 12.2. The van der Waals surface area contributed by atoms with E-state index in [1.807, 2.05) is 0 Å². The van der Waals surface area contributed by atoms with Gasteiger partial charge in [0.2, 0.25) is 0 Å². The molecule has 0 amide bonds. The molecule has 2 heterocycles. The molecule has 0 aliphatic rings. The molecule has 1 atom stereocenters. The van der Waals surface area contributed by atoms with E-state index in [9.17, 15) is 18.3 Å². The Kier molecular flexibility index (Phi) is 3.77. The molecule has 19 heavy (non-hydrogen) atoms. The SMILES string of the molecule is OC(c1ccn(CC(F)(F)F)n1)c1ccncc1Cl. The molecular formula is C11H9ClF3N3O. The number of pyridine rings is 1. The lowest BCUT2D eigenvalue weighted by Gasteiger charge is -2.10. The Balaban J connectivity index is 2.21. The summed E-state index contributed by atoms with van der Waals surface area (Å²) in [4.78, 5) is 3.76. The summed E-state index contributed by atoms with van der Waals surface area (Å²) in [5.74, 6) is 0. The third-order valence-corrected chi connectivity index (χ3v) is 2.70. The van der Waals surface area contributed by atoms with Gasteiger partial charge in [-0.25, -0.2) is 0 Å². The van der Waals surface area contributed by atoms with Crippen LogP contribution in [0, 0.1) is 0 Å². The van der Waals surface area contributed by atoms with Crippen molar-refractivity contribution < 1.29 is 18.3 Å². The highest BCUT2D eigenvalue weighted by molar-refractivity contribution is 6.31. The predicted octanol–water partition coefficient (Wildman–Crippen LogP) is 2.58. The minimum atomic E-state index is -4.36. The molecule has 0 radical (unpaired) electrons. The number of aliphatic hydroxyl groups excluding tert-OH is 1. The van der Waals surface area contributed by atoms with Crippen molar-refractivity contribution in [2.45, 2.75) is 18.8 Å². The van der Waals surface area contributed by atoms with Gasteiger partial charge in [0.1, 0.15) is 12.6 Å². The number of aromatic nitrogens is 3. The van der Waals surface area contributed by atoms with Gasteiger partial charge < -0.3 is 5.11 Å². The summed E-state index contributed by atoms with van der Waals surface area (Å²) in [6.07, 6.45) is -1.63. The molecule has 0 saturated carbocycles. The summed E-state index contributed by atoms with van der Waals surface area (Å²) >= 11 is 5.85. The van der Waals surface area contributed by atoms with Crippen LogP contribution in [-0.4, -0.2) is 26.0 Å². The van der Waals surface area contributed by atoms with E-state index >= 15 is 0 Å². The van der Waals surface area contributed by atoms with Crippen molar-refractivity contribution in [2.75, 3.05) is 0 Å². The normalized spacial score (nSPS) is 13.5. The molecule has 2 aromatic heterocycles. The zero-order valence-corrected chi connectivity index (χ0v) is 10.2. The van der Waals surface area contributed by atoms with Gasteiger partial charge in [-0.15, -0.1) is 0 Å². The first-order chi connectivity index (χ1) is 8.87. The van der Waals surface area contributed by atoms with Crippen LogP contribution >= 0.6 is 11.6 Å². The van der Waals surface area contributed by atoms with Gasteiger partial charge >= 0.3 is 6.18 Å². The molecule has 1 unspecified atom stereocenters. The molecule has 0 saturated heterocycles. The second-order valence-corrected chi connectivity index (χ2v) is 4.26. The first-order valence-electron chi connectivity index (χ1n) is 5.24. The van der Waals surface area contributed by atoms with Crippen molar-refractivity contribution in [1.82, 2.24) is 14.8 Å². The van der Waals surface area contributed by atoms with E-state index in [0.717, 1.165) is 6.20 Å². The van der Waals surface area contributed by atoms with Crippen molar-refractivity contribution in [3.05, 3.63) is 47.0 Å². The number of halogens is 4. The Bertz CT molecular complexity index is 570. The third kappa shape index (κ3) is 3.45. The predicted molar refractivity (Wildman–Crippen MR) is 61.6 cm³/mol. The van der Waals surface area contributed by atoms with Crippen LogP contribution in [0.2, 0.25) is 5.02 Å². The Morgan fingerprint density at radius 3 is 2.74 bits per heavy atom. The summed E-state index contributed by atoms with van der Waals surface area (Å²) in [5, 5.41) is 13.9. The number of alkyl halides is 3. The Morgan fingerprint density at radius 1 is 1.37 bits per heavy atom. The molecule has 102 valence electrons. The summed E-state index contributed by atoms with van der Waals surface area (Å²) in [5.41, 5.74) is 0.436. The highest BCUT2D eigenvalue weighted by atomic mass is 35.5. The molecule has 1 N–H and O–H groups in total. The van der Waals surface area contributed by atoms with Gasteiger partial charge in [0.15, 0.2) is 0 Å². The molecular weight excluding hydrogens is 283 g/mol. The summed E-state index contributed by atoms with van der Waals surface area (Å²) in [6, 6.07) is 2.79. The largest absolute Gasteiger partial charge is 0.408 e. The van der Waals surface area contributed by atoms with Crippen molar-refractivity contribution in [3.8, 4) is 0 Å². The molecule has 2 rings (SSSR count). The fraction of sp³-hybridized carbons (Fsp3) is 0.273. The van der Waals surface area contributed by atoms with Crippen LogP contribution in [-0.2, 0) is 6.54 Å². The first kappa shape index (κ1) is 13.8. The van der Waals surface area contributed by atoms with Crippen LogP contribution in [0.3, 0.4) is 0 Å². The van der Waals surface area contributed by atoms with Crippen LogP contribution in [0.15, 0.2) is 30.7 Å². The van der Waals surface area contributed by atoms with Gasteiger partial charge in [-0.3, -0.25) is 9.67 Å². The summed E-state index contributed by atoms with van der Waals surface area (Å²) < 4.78 is 37.3. The number of hydrogen-bond acceptors (Lipinski definition) is 3. The zero-order chi connectivity index (χ0) is 14.0. The average Bonchev–Trinajstić information content (AvgIpc) is 2.75. The first-order valence-corrected chi connectivity index (χ1v) is 5.62. The summed E-state index contributed by atoms with van der Waals surface area (Å²) in [7, 11) is 0. The van der Waals surface area contributed by atoms with E-state index in [2.05, 4.69) is 10.1 Å². The Labute approximate surface area is 111 Å². The van der Waals surface area contributed by atoms with Gasteiger partial charge in [-0.1, -0.05) is 11.6 Å². The number of rotatable bonds is 3. The van der Waals surface area contributed by atoms with Gasteiger partial charge in [0.25, 0.3) is 0 Å². The molecule has 0 spiro atoms. The smallest absolute Gasteiger partial charge is 0.382 e. The van der Waals surface area contributed by atoms with E-state index < -0.39 is 18.8 Å². The fourth-order valence-electron chi connectivity index (χ4n) is 1.56. The zero-order valence-electron chi connectivity index (χ0n) is 9.47. The minimum absolute atomic E-state index is 0.0948. The van der Waals surface area contributed by atoms with Gasteiger partial charge in [0.05, 0.1) is 10.7 Å².